The van der Waals surface area contributed by atoms with E-state index in [9.17, 15) is 9.90 Å². The number of nitrogens with one attached hydrogen (secondary N) is 2. The molecule has 5 N–H and O–H groups in total. The first-order valence-electron chi connectivity index (χ1n) is 5.48. The molecule has 1 amide bonds. The van der Waals surface area contributed by atoms with Crippen molar-refractivity contribution < 1.29 is 9.90 Å². The number of aliphatic hydroxyl groups excluding tert-OH is 1. The number of anilines is 2. The minimum absolute atomic E-state index is 0.230. The Morgan fingerprint density at radius 3 is 2.88 bits per heavy atom. The van der Waals surface area contributed by atoms with E-state index in [-0.39, 0.29) is 17.8 Å². The quantitative estimate of drug-likeness (QED) is 0.600. The number of carbonyl (C=O) groups excluding carboxylic acids is 1. The highest BCUT2D eigenvalue weighted by atomic mass is 32.1. The van der Waals surface area contributed by atoms with E-state index in [2.05, 4.69) is 15.6 Å². The van der Waals surface area contributed by atoms with Crippen LogP contribution in [0.4, 0.5) is 10.9 Å². The number of thiazole rings is 1. The molecule has 0 fully saturated rings. The van der Waals surface area contributed by atoms with Crippen LogP contribution >= 0.6 is 11.3 Å². The number of nitrogens with two attached hydrogens (primary N) is 1. The number of nitrogen functional groups attached to an aromatic ring is 1. The Kier molecular flexibility index (Phi) is 5.17. The fraction of sp³-hybridized carbons (Fsp3) is 0.600. The number of aromatic nitrogens is 1. The molecule has 0 aliphatic carbocycles. The summed E-state index contributed by atoms with van der Waals surface area (Å²) in [6.07, 6.45) is 0.851. The van der Waals surface area contributed by atoms with Crippen molar-refractivity contribution in [2.75, 3.05) is 24.6 Å². The third-order valence-electron chi connectivity index (χ3n) is 2.31. The molecule has 0 aliphatic heterocycles. The average Bonchev–Trinajstić information content (AvgIpc) is 2.70. The molecule has 0 aliphatic rings. The minimum Gasteiger partial charge on any atom is -0.393 e. The summed E-state index contributed by atoms with van der Waals surface area (Å²) in [5, 5.41) is 15.5. The summed E-state index contributed by atoms with van der Waals surface area (Å²) < 4.78 is 0. The third kappa shape index (κ3) is 3.86. The summed E-state index contributed by atoms with van der Waals surface area (Å²) >= 11 is 1.21. The fourth-order valence-electron chi connectivity index (χ4n) is 1.24. The molecule has 1 unspecified atom stereocenters. The minimum atomic E-state index is -0.373. The number of rotatable bonds is 6. The Bertz CT molecular complexity index is 380. The van der Waals surface area contributed by atoms with E-state index in [0.29, 0.717) is 29.4 Å². The van der Waals surface area contributed by atoms with Gasteiger partial charge in [-0.1, -0.05) is 18.3 Å². The molecule has 1 rings (SSSR count). The van der Waals surface area contributed by atoms with E-state index in [0.717, 1.165) is 0 Å². The molecule has 7 heteroatoms. The van der Waals surface area contributed by atoms with E-state index in [1.54, 1.807) is 7.05 Å². The maximum Gasteiger partial charge on any atom is 0.265 e. The molecule has 0 saturated heterocycles. The van der Waals surface area contributed by atoms with Gasteiger partial charge in [0.15, 0.2) is 5.13 Å². The molecule has 96 valence electrons. The van der Waals surface area contributed by atoms with Crippen LogP contribution in [0.3, 0.4) is 0 Å². The van der Waals surface area contributed by atoms with Gasteiger partial charge in [-0.3, -0.25) is 4.79 Å². The number of hydrogen-bond donors (Lipinski definition) is 4. The van der Waals surface area contributed by atoms with E-state index in [1.165, 1.54) is 11.3 Å². The van der Waals surface area contributed by atoms with Gasteiger partial charge in [0.2, 0.25) is 0 Å². The Morgan fingerprint density at radius 1 is 1.65 bits per heavy atom. The molecule has 1 heterocycles. The van der Waals surface area contributed by atoms with Gasteiger partial charge >= 0.3 is 0 Å². The van der Waals surface area contributed by atoms with Crippen molar-refractivity contribution in [1.29, 1.82) is 0 Å². The van der Waals surface area contributed by atoms with Crippen molar-refractivity contribution >= 4 is 28.2 Å². The topological polar surface area (TPSA) is 100 Å². The van der Waals surface area contributed by atoms with Gasteiger partial charge in [0.25, 0.3) is 5.91 Å². The van der Waals surface area contributed by atoms with Crippen molar-refractivity contribution in [2.24, 2.45) is 0 Å². The van der Waals surface area contributed by atoms with Crippen molar-refractivity contribution in [3.8, 4) is 0 Å². The van der Waals surface area contributed by atoms with Crippen LogP contribution in [-0.2, 0) is 0 Å². The van der Waals surface area contributed by atoms with Crippen LogP contribution in [0.2, 0.25) is 0 Å². The van der Waals surface area contributed by atoms with E-state index in [1.807, 2.05) is 6.92 Å². The lowest BCUT2D eigenvalue weighted by molar-refractivity contribution is 0.0946. The van der Waals surface area contributed by atoms with Crippen LogP contribution in [0, 0.1) is 0 Å². The lowest BCUT2D eigenvalue weighted by Crippen LogP contribution is -2.26. The van der Waals surface area contributed by atoms with E-state index in [4.69, 9.17) is 5.73 Å². The van der Waals surface area contributed by atoms with Crippen LogP contribution in [0.1, 0.15) is 29.4 Å². The molecule has 0 bridgehead atoms. The summed E-state index contributed by atoms with van der Waals surface area (Å²) in [4.78, 5) is 16.1. The van der Waals surface area contributed by atoms with E-state index < -0.39 is 0 Å². The third-order valence-corrected chi connectivity index (χ3v) is 3.40. The summed E-state index contributed by atoms with van der Waals surface area (Å²) in [5.41, 5.74) is 5.62. The highest BCUT2D eigenvalue weighted by molar-refractivity contribution is 7.18. The molecule has 17 heavy (non-hydrogen) atoms. The van der Waals surface area contributed by atoms with Crippen molar-refractivity contribution in [3.05, 3.63) is 4.88 Å². The van der Waals surface area contributed by atoms with Crippen LogP contribution < -0.4 is 16.4 Å². The average molecular weight is 258 g/mol. The number of nitrogens with zero attached hydrogens (tertiary/aromatic N) is 1. The van der Waals surface area contributed by atoms with E-state index >= 15 is 0 Å². The van der Waals surface area contributed by atoms with Crippen LogP contribution in [0.5, 0.6) is 0 Å². The van der Waals surface area contributed by atoms with Crippen LogP contribution in [0.25, 0.3) is 0 Å². The zero-order chi connectivity index (χ0) is 12.8. The maximum atomic E-state index is 11.7. The molecule has 0 radical (unpaired) electrons. The lowest BCUT2D eigenvalue weighted by atomic mass is 10.2. The number of carbonyl (C=O) groups is 1. The summed E-state index contributed by atoms with van der Waals surface area (Å²) in [7, 11) is 1.72. The van der Waals surface area contributed by atoms with Crippen molar-refractivity contribution in [1.82, 2.24) is 10.3 Å². The van der Waals surface area contributed by atoms with Gasteiger partial charge < -0.3 is 21.5 Å². The number of aliphatic hydroxyl groups is 1. The zero-order valence-electron chi connectivity index (χ0n) is 9.99. The largest absolute Gasteiger partial charge is 0.393 e. The standard InChI is InChI=1S/C10H18N4O2S/c1-3-6(15)4-5-13-9(16)7-8(11)14-10(12-2)17-7/h6,15H,3-5,11H2,1-2H3,(H,12,14)(H,13,16). The molecule has 0 aromatic carbocycles. The summed E-state index contributed by atoms with van der Waals surface area (Å²) in [6.45, 7) is 2.33. The molecule has 0 saturated carbocycles. The molecule has 1 aromatic heterocycles. The highest BCUT2D eigenvalue weighted by Gasteiger charge is 2.15. The normalized spacial score (nSPS) is 12.2. The fourth-order valence-corrected chi connectivity index (χ4v) is 1.99. The molecule has 6 nitrogen and oxygen atoms in total. The highest BCUT2D eigenvalue weighted by Crippen LogP contribution is 2.24. The lowest BCUT2D eigenvalue weighted by Gasteiger charge is -2.07. The Balaban J connectivity index is 2.49. The van der Waals surface area contributed by atoms with Gasteiger partial charge in [-0.15, -0.1) is 0 Å². The smallest absolute Gasteiger partial charge is 0.265 e. The molecule has 1 atom stereocenters. The molecular formula is C10H18N4O2S. The SMILES string of the molecule is CCC(O)CCNC(=O)c1sc(NC)nc1N. The molecule has 0 spiro atoms. The first-order chi connectivity index (χ1) is 8.08. The second-order valence-corrected chi connectivity index (χ2v) is 4.59. The molecular weight excluding hydrogens is 240 g/mol. The monoisotopic (exact) mass is 258 g/mol. The zero-order valence-corrected chi connectivity index (χ0v) is 10.8. The first kappa shape index (κ1) is 13.7. The second kappa shape index (κ2) is 6.41. The Hall–Kier alpha value is -1.34. The molecule has 1 aromatic rings. The summed E-state index contributed by atoms with van der Waals surface area (Å²) in [6, 6.07) is 0. The summed E-state index contributed by atoms with van der Waals surface area (Å²) in [5.74, 6) is -0.0160. The van der Waals surface area contributed by atoms with Gasteiger partial charge in [-0.05, 0) is 12.8 Å². The Morgan fingerprint density at radius 2 is 2.35 bits per heavy atom. The van der Waals surface area contributed by atoms with Gasteiger partial charge in [0, 0.05) is 13.6 Å². The Labute approximate surface area is 104 Å². The first-order valence-corrected chi connectivity index (χ1v) is 6.30. The second-order valence-electron chi connectivity index (χ2n) is 3.59. The predicted octanol–water partition coefficient (Wildman–Crippen LogP) is 0.658. The van der Waals surface area contributed by atoms with Crippen molar-refractivity contribution in [2.45, 2.75) is 25.9 Å². The van der Waals surface area contributed by atoms with Gasteiger partial charge in [0.05, 0.1) is 6.10 Å². The van der Waals surface area contributed by atoms with Crippen LogP contribution in [-0.4, -0.2) is 35.7 Å². The van der Waals surface area contributed by atoms with Crippen LogP contribution in [0.15, 0.2) is 0 Å². The van der Waals surface area contributed by atoms with Gasteiger partial charge in [-0.25, -0.2) is 4.98 Å². The predicted molar refractivity (Wildman–Crippen MR) is 69.3 cm³/mol. The number of amides is 1. The number of hydrogen-bond acceptors (Lipinski definition) is 6. The maximum absolute atomic E-state index is 11.7. The van der Waals surface area contributed by atoms with Crippen molar-refractivity contribution in [3.63, 3.8) is 0 Å². The van der Waals surface area contributed by atoms with Gasteiger partial charge in [-0.2, -0.15) is 0 Å². The van der Waals surface area contributed by atoms with Gasteiger partial charge in [0.1, 0.15) is 10.7 Å².